The molecule has 2 atom stereocenters. The first-order valence-electron chi connectivity index (χ1n) is 28.1. The molecule has 0 radical (unpaired) electrons. The highest BCUT2D eigenvalue weighted by Gasteiger charge is 2.26. The van der Waals surface area contributed by atoms with E-state index >= 15 is 0 Å². The van der Waals surface area contributed by atoms with Gasteiger partial charge in [-0.1, -0.05) is 12.1 Å². The second-order valence-corrected chi connectivity index (χ2v) is 22.4. The van der Waals surface area contributed by atoms with Crippen LogP contribution in [0.25, 0.3) is 32.9 Å². The van der Waals surface area contributed by atoms with Gasteiger partial charge in [0.1, 0.15) is 23.3 Å². The van der Waals surface area contributed by atoms with Crippen LogP contribution in [-0.4, -0.2) is 43.2 Å². The number of aromatic nitrogens is 2. The third kappa shape index (κ3) is 14.7. The molecule has 2 aromatic heterocycles. The highest BCUT2D eigenvalue weighted by Crippen LogP contribution is 2.34. The minimum Gasteiger partial charge on any atom is -0.481 e. The van der Waals surface area contributed by atoms with Crippen LogP contribution in [0, 0.1) is 33.2 Å². The van der Waals surface area contributed by atoms with E-state index in [1.807, 2.05) is 12.1 Å². The molecular weight excluding hydrogens is 1100 g/mol. The van der Waals surface area contributed by atoms with E-state index in [9.17, 15) is 46.3 Å². The number of aryl methyl sites for hydroxylation is 4. The first-order chi connectivity index (χ1) is 40.6. The zero-order valence-corrected chi connectivity index (χ0v) is 46.6. The summed E-state index contributed by atoms with van der Waals surface area (Å²) in [6, 6.07) is 34.0. The van der Waals surface area contributed by atoms with Gasteiger partial charge in [0.2, 0.25) is 5.91 Å². The predicted molar refractivity (Wildman–Crippen MR) is 316 cm³/mol. The smallest absolute Gasteiger partial charge is 0.303 e. The number of carboxylic acids is 1. The Kier molecular flexibility index (Phi) is 19.7. The monoisotopic (exact) mass is 1160 g/mol. The molecular formula is C65H61F4N5O9S. The molecule has 1 saturated carbocycles. The minimum atomic E-state index is -0.884. The molecule has 11 rings (SSSR count). The Morgan fingerprint density at radius 1 is 0.512 bits per heavy atom. The van der Waals surface area contributed by atoms with E-state index in [0.29, 0.717) is 99.9 Å². The molecule has 434 valence electrons. The lowest BCUT2D eigenvalue weighted by Gasteiger charge is -2.26. The number of benzene rings is 6. The summed E-state index contributed by atoms with van der Waals surface area (Å²) in [6.45, 7) is 0. The number of halogens is 4. The third-order valence-electron chi connectivity index (χ3n) is 15.4. The predicted octanol–water partition coefficient (Wildman–Crippen LogP) is 12.7. The number of fused-ring (bicyclic) bond motifs is 4. The number of amides is 3. The summed E-state index contributed by atoms with van der Waals surface area (Å²) in [5.74, 6) is -2.81. The van der Waals surface area contributed by atoms with Crippen molar-refractivity contribution in [1.82, 2.24) is 24.5 Å². The van der Waals surface area contributed by atoms with Crippen molar-refractivity contribution in [2.24, 2.45) is 0 Å². The summed E-state index contributed by atoms with van der Waals surface area (Å²) in [4.78, 5) is 91.1. The number of nitrogens with one attached hydrogen (secondary N) is 3. The fourth-order valence-electron chi connectivity index (χ4n) is 11.0. The number of carbonyl (C=O) groups is 4. The third-order valence-corrected chi connectivity index (χ3v) is 16.5. The van der Waals surface area contributed by atoms with Crippen molar-refractivity contribution in [1.29, 1.82) is 0 Å². The Morgan fingerprint density at radius 2 is 0.940 bits per heavy atom. The summed E-state index contributed by atoms with van der Waals surface area (Å²) in [6.07, 6.45) is 10.7. The van der Waals surface area contributed by atoms with E-state index in [1.165, 1.54) is 77.2 Å². The number of carboxylic acid groups (broad SMARTS) is 1. The van der Waals surface area contributed by atoms with Gasteiger partial charge < -0.3 is 15.7 Å². The van der Waals surface area contributed by atoms with Gasteiger partial charge in [0.05, 0.1) is 12.1 Å². The number of hydrogen-bond donors (Lipinski definition) is 4. The highest BCUT2D eigenvalue weighted by molar-refractivity contribution is 7.98. The highest BCUT2D eigenvalue weighted by atomic mass is 32.2. The van der Waals surface area contributed by atoms with Crippen molar-refractivity contribution in [3.63, 3.8) is 0 Å². The van der Waals surface area contributed by atoms with E-state index < -0.39 is 17.6 Å². The fraction of sp³-hybridized carbons (Fsp3) is 0.292. The van der Waals surface area contributed by atoms with E-state index in [1.54, 1.807) is 65.2 Å². The maximum absolute atomic E-state index is 13.8. The molecule has 0 bridgehead atoms. The number of carbonyl (C=O) groups excluding carboxylic acids is 3. The van der Waals surface area contributed by atoms with Gasteiger partial charge in [0, 0.05) is 72.7 Å². The number of rotatable bonds is 18. The zero-order valence-electron chi connectivity index (χ0n) is 45.8. The number of nitrogens with zero attached hydrogens (tertiary/aromatic N) is 2. The molecule has 0 saturated heterocycles. The van der Waals surface area contributed by atoms with Gasteiger partial charge in [-0.25, -0.2) is 17.6 Å². The molecule has 4 N–H and O–H groups in total. The second-order valence-electron chi connectivity index (χ2n) is 21.3. The van der Waals surface area contributed by atoms with Crippen LogP contribution in [0.4, 0.5) is 17.6 Å². The van der Waals surface area contributed by atoms with Crippen molar-refractivity contribution in [2.75, 3.05) is 0 Å². The molecule has 14 nitrogen and oxygen atoms in total. The van der Waals surface area contributed by atoms with Crippen LogP contribution in [0.3, 0.4) is 0 Å². The Hall–Kier alpha value is -8.71. The van der Waals surface area contributed by atoms with Crippen LogP contribution in [-0.2, 0) is 35.3 Å². The molecule has 3 aliphatic rings. The first kappa shape index (κ1) is 59.9. The molecule has 6 aromatic carbocycles. The summed E-state index contributed by atoms with van der Waals surface area (Å²) < 4.78 is 60.7. The minimum absolute atomic E-state index is 0.00714. The van der Waals surface area contributed by atoms with Crippen LogP contribution in [0.5, 0.6) is 0 Å². The maximum atomic E-state index is 13.8. The lowest BCUT2D eigenvalue weighted by molar-refractivity contribution is -0.137. The first-order valence-corrected chi connectivity index (χ1v) is 28.9. The van der Waals surface area contributed by atoms with Crippen molar-refractivity contribution in [3.05, 3.63) is 232 Å². The molecule has 3 aliphatic carbocycles. The molecule has 1 fully saturated rings. The van der Waals surface area contributed by atoms with Gasteiger partial charge in [-0.15, -0.1) is 0 Å². The van der Waals surface area contributed by atoms with Crippen LogP contribution >= 0.6 is 11.9 Å². The number of pyridine rings is 2. The van der Waals surface area contributed by atoms with Crippen molar-refractivity contribution < 1.29 is 41.8 Å². The van der Waals surface area contributed by atoms with Gasteiger partial charge in [-0.3, -0.25) is 42.6 Å². The molecule has 8 aromatic rings. The molecule has 19 heteroatoms. The SMILES string of the molecule is O=C(CCCCc1cc2cc(C(=O)N[C@@H]3CCCc4cc(F)ccc43)ccc2c(=O)n1-c1ccc(F)cc1)NSC1CC1.O=C(O)CCCCc1cc2cc(C(=O)N[C@@H]3CCCc4cc(F)ccc43)ccc2c(=O)n1-c1ccc(F)cc1.O=O. The van der Waals surface area contributed by atoms with Crippen molar-refractivity contribution in [3.8, 4) is 11.4 Å². The largest absolute Gasteiger partial charge is 0.481 e. The molecule has 2 heterocycles. The van der Waals surface area contributed by atoms with E-state index in [4.69, 9.17) is 15.0 Å². The van der Waals surface area contributed by atoms with Gasteiger partial charge >= 0.3 is 5.97 Å². The number of unbranched alkanes of at least 4 members (excludes halogenated alkanes) is 2. The molecule has 0 aliphatic heterocycles. The van der Waals surface area contributed by atoms with Crippen LogP contribution in [0.2, 0.25) is 0 Å². The van der Waals surface area contributed by atoms with Gasteiger partial charge in [0.25, 0.3) is 22.9 Å². The molecule has 0 spiro atoms. The van der Waals surface area contributed by atoms with E-state index in [0.717, 1.165) is 79.3 Å². The van der Waals surface area contributed by atoms with Crippen LogP contribution in [0.1, 0.15) is 143 Å². The second kappa shape index (κ2) is 27.6. The Morgan fingerprint density at radius 3 is 1.37 bits per heavy atom. The van der Waals surface area contributed by atoms with Crippen molar-refractivity contribution in [2.45, 2.75) is 120 Å². The Labute approximate surface area is 485 Å². The van der Waals surface area contributed by atoms with Gasteiger partial charge in [-0.05, 0) is 256 Å². The Bertz CT molecular complexity index is 3870. The maximum Gasteiger partial charge on any atom is 0.303 e. The van der Waals surface area contributed by atoms with Crippen molar-refractivity contribution >= 4 is 57.2 Å². The lowest BCUT2D eigenvalue weighted by atomic mass is 9.87. The van der Waals surface area contributed by atoms with Gasteiger partial charge in [0.15, 0.2) is 0 Å². The summed E-state index contributed by atoms with van der Waals surface area (Å²) >= 11 is 1.50. The van der Waals surface area contributed by atoms with Crippen LogP contribution < -0.4 is 26.5 Å². The standard InChI is InChI=1S/C34H33F2N3O3S.C31H28F2N2O4.O2/c35-24-9-12-26(13-10-24)39-27(5-1-2-7-32(40)38-43-28-14-15-28)20-23-18-22(8-16-30(23)34(39)42)33(41)37-31-6-3-4-21-19-25(36)11-17-29(21)31;32-22-9-12-24(13-10-22)35-25(5-1-2-7-29(36)37)18-21-16-20(8-14-27(21)31(35)39)30(38)34-28-6-3-4-19-17-23(33)11-15-26(19)28;1-2/h8-13,16-20,28,31H,1-7,14-15H2,(H,37,41)(H,38,40);8-18,28H,1-7H2,(H,34,38)(H,36,37);/t31-;28-;/m11./s1. The molecule has 84 heavy (non-hydrogen) atoms. The van der Waals surface area contributed by atoms with E-state index in [2.05, 4.69) is 15.4 Å². The summed E-state index contributed by atoms with van der Waals surface area (Å²) in [7, 11) is 0. The average molecular weight is 1160 g/mol. The lowest BCUT2D eigenvalue weighted by Crippen LogP contribution is -2.31. The zero-order chi connectivity index (χ0) is 59.4. The molecule has 0 unspecified atom stereocenters. The quantitative estimate of drug-likeness (QED) is 0.0364. The number of hydrogen-bond acceptors (Lipinski definition) is 9. The van der Waals surface area contributed by atoms with Gasteiger partial charge in [-0.2, -0.15) is 0 Å². The Balaban J connectivity index is 0.000000197. The fourth-order valence-corrected chi connectivity index (χ4v) is 11.8. The number of aliphatic carboxylic acids is 1. The summed E-state index contributed by atoms with van der Waals surface area (Å²) in [5, 5.41) is 17.8. The normalized spacial score (nSPS) is 15.1. The summed E-state index contributed by atoms with van der Waals surface area (Å²) in [5.41, 5.74) is 6.36. The van der Waals surface area contributed by atoms with Crippen LogP contribution in [0.15, 0.2) is 143 Å². The molecule has 3 amide bonds. The topological polar surface area (TPSA) is 203 Å². The van der Waals surface area contributed by atoms with E-state index in [-0.39, 0.29) is 59.0 Å². The average Bonchev–Trinajstić information content (AvgIpc) is 2.92.